The van der Waals surface area contributed by atoms with E-state index in [4.69, 9.17) is 0 Å². The van der Waals surface area contributed by atoms with Gasteiger partial charge in [0.05, 0.1) is 0 Å². The maximum absolute atomic E-state index is 4.11. The molecule has 3 heteroatoms. The lowest BCUT2D eigenvalue weighted by Gasteiger charge is -2.11. The highest BCUT2D eigenvalue weighted by molar-refractivity contribution is 7.10. The molecule has 0 spiro atoms. The van der Waals surface area contributed by atoms with Crippen LogP contribution in [0.25, 0.3) is 0 Å². The van der Waals surface area contributed by atoms with E-state index in [1.165, 1.54) is 10.4 Å². The van der Waals surface area contributed by atoms with E-state index in [9.17, 15) is 0 Å². The molecule has 2 heterocycles. The lowest BCUT2D eigenvalue weighted by atomic mass is 10.2. The normalized spacial score (nSPS) is 12.6. The lowest BCUT2D eigenvalue weighted by molar-refractivity contribution is 0.584. The summed E-state index contributed by atoms with van der Waals surface area (Å²) in [7, 11) is 0. The molecule has 0 saturated carbocycles. The van der Waals surface area contributed by atoms with Crippen LogP contribution < -0.4 is 5.32 Å². The summed E-state index contributed by atoms with van der Waals surface area (Å²) in [5.41, 5.74) is 1.29. The molecule has 1 N–H and O–H groups in total. The van der Waals surface area contributed by atoms with Crippen molar-refractivity contribution in [1.29, 1.82) is 0 Å². The minimum absolute atomic E-state index is 0.441. The summed E-state index contributed by atoms with van der Waals surface area (Å²) in [6.07, 6.45) is 4.77. The van der Waals surface area contributed by atoms with E-state index in [1.807, 2.05) is 18.5 Å². The Balaban J connectivity index is 1.76. The lowest BCUT2D eigenvalue weighted by Crippen LogP contribution is -2.20. The van der Waals surface area contributed by atoms with Gasteiger partial charge in [-0.2, -0.15) is 0 Å². The van der Waals surface area contributed by atoms with Gasteiger partial charge in [0.1, 0.15) is 0 Å². The average molecular weight is 232 g/mol. The molecule has 0 aliphatic heterocycles. The highest BCUT2D eigenvalue weighted by atomic mass is 32.1. The Morgan fingerprint density at radius 3 is 3.00 bits per heavy atom. The zero-order valence-electron chi connectivity index (χ0n) is 9.39. The molecule has 0 aliphatic rings. The Labute approximate surface area is 100 Å². The Hall–Kier alpha value is -1.19. The first-order valence-electron chi connectivity index (χ1n) is 5.52. The molecule has 2 aromatic rings. The summed E-state index contributed by atoms with van der Waals surface area (Å²) in [4.78, 5) is 5.50. The summed E-state index contributed by atoms with van der Waals surface area (Å²) in [6.45, 7) is 3.19. The van der Waals surface area contributed by atoms with Crippen LogP contribution >= 0.6 is 11.3 Å². The van der Waals surface area contributed by atoms with E-state index >= 15 is 0 Å². The minimum Gasteiger partial charge on any atom is -0.309 e. The third kappa shape index (κ3) is 3.15. The summed E-state index contributed by atoms with van der Waals surface area (Å²) >= 11 is 1.80. The van der Waals surface area contributed by atoms with Gasteiger partial charge in [-0.3, -0.25) is 4.98 Å². The molecule has 0 aliphatic carbocycles. The van der Waals surface area contributed by atoms with Crippen LogP contribution in [0.2, 0.25) is 0 Å². The molecule has 2 rings (SSSR count). The van der Waals surface area contributed by atoms with Crippen molar-refractivity contribution in [2.75, 3.05) is 6.54 Å². The Morgan fingerprint density at radius 2 is 2.31 bits per heavy atom. The first-order chi connectivity index (χ1) is 7.86. The van der Waals surface area contributed by atoms with Gasteiger partial charge in [-0.25, -0.2) is 0 Å². The van der Waals surface area contributed by atoms with Crippen molar-refractivity contribution in [3.63, 3.8) is 0 Å². The zero-order chi connectivity index (χ0) is 11.2. The smallest absolute Gasteiger partial charge is 0.0386 e. The van der Waals surface area contributed by atoms with Gasteiger partial charge in [0.2, 0.25) is 0 Å². The largest absolute Gasteiger partial charge is 0.309 e. The third-order valence-electron chi connectivity index (χ3n) is 2.56. The molecule has 0 aromatic carbocycles. The second kappa shape index (κ2) is 5.77. The summed E-state index contributed by atoms with van der Waals surface area (Å²) in [5, 5.41) is 5.64. The van der Waals surface area contributed by atoms with Gasteiger partial charge in [0, 0.05) is 23.3 Å². The highest BCUT2D eigenvalue weighted by Crippen LogP contribution is 2.17. The Kier molecular flexibility index (Phi) is 4.08. The van der Waals surface area contributed by atoms with Crippen molar-refractivity contribution in [3.05, 3.63) is 52.5 Å². The SMILES string of the molecule is C[C@H](NCCc1cccnc1)c1cccs1. The molecule has 2 aromatic heterocycles. The molecule has 0 radical (unpaired) electrons. The van der Waals surface area contributed by atoms with E-state index in [2.05, 4.69) is 40.8 Å². The molecule has 84 valence electrons. The van der Waals surface area contributed by atoms with Crippen LogP contribution in [0.15, 0.2) is 42.0 Å². The van der Waals surface area contributed by atoms with Crippen LogP contribution in [0.3, 0.4) is 0 Å². The van der Waals surface area contributed by atoms with Gasteiger partial charge in [-0.05, 0) is 43.0 Å². The fourth-order valence-corrected chi connectivity index (χ4v) is 2.38. The average Bonchev–Trinajstić information content (AvgIpc) is 2.84. The van der Waals surface area contributed by atoms with Crippen LogP contribution in [0.4, 0.5) is 0 Å². The van der Waals surface area contributed by atoms with Crippen molar-refractivity contribution in [2.45, 2.75) is 19.4 Å². The standard InChI is InChI=1S/C13H16N2S/c1-11(13-5-3-9-16-13)15-8-6-12-4-2-7-14-10-12/h2-5,7,9-11,15H,6,8H2,1H3/t11-/m0/s1. The van der Waals surface area contributed by atoms with Crippen molar-refractivity contribution < 1.29 is 0 Å². The van der Waals surface area contributed by atoms with Gasteiger partial charge < -0.3 is 5.32 Å². The number of thiophene rings is 1. The molecule has 0 bridgehead atoms. The Morgan fingerprint density at radius 1 is 1.38 bits per heavy atom. The number of pyridine rings is 1. The number of rotatable bonds is 5. The van der Waals surface area contributed by atoms with Crippen LogP contribution in [0.1, 0.15) is 23.4 Å². The first kappa shape index (κ1) is 11.3. The second-order valence-electron chi connectivity index (χ2n) is 3.80. The number of nitrogens with one attached hydrogen (secondary N) is 1. The van der Waals surface area contributed by atoms with E-state index in [1.54, 1.807) is 11.3 Å². The topological polar surface area (TPSA) is 24.9 Å². The zero-order valence-corrected chi connectivity index (χ0v) is 10.2. The third-order valence-corrected chi connectivity index (χ3v) is 3.61. The highest BCUT2D eigenvalue weighted by Gasteiger charge is 2.04. The van der Waals surface area contributed by atoms with Gasteiger partial charge in [-0.1, -0.05) is 12.1 Å². The molecule has 16 heavy (non-hydrogen) atoms. The van der Waals surface area contributed by atoms with Crippen LogP contribution in [0.5, 0.6) is 0 Å². The van der Waals surface area contributed by atoms with Gasteiger partial charge in [0.25, 0.3) is 0 Å². The first-order valence-corrected chi connectivity index (χ1v) is 6.40. The van der Waals surface area contributed by atoms with Crippen molar-refractivity contribution >= 4 is 11.3 Å². The molecule has 0 saturated heterocycles. The molecule has 0 unspecified atom stereocenters. The van der Waals surface area contributed by atoms with E-state index in [0.29, 0.717) is 6.04 Å². The molecular weight excluding hydrogens is 216 g/mol. The maximum atomic E-state index is 4.11. The minimum atomic E-state index is 0.441. The monoisotopic (exact) mass is 232 g/mol. The fraction of sp³-hybridized carbons (Fsp3) is 0.308. The molecule has 0 amide bonds. The molecule has 2 nitrogen and oxygen atoms in total. The van der Waals surface area contributed by atoms with E-state index in [-0.39, 0.29) is 0 Å². The van der Waals surface area contributed by atoms with Gasteiger partial charge in [0.15, 0.2) is 0 Å². The summed E-state index contributed by atoms with van der Waals surface area (Å²) < 4.78 is 0. The van der Waals surface area contributed by atoms with Gasteiger partial charge >= 0.3 is 0 Å². The number of hydrogen-bond donors (Lipinski definition) is 1. The summed E-state index contributed by atoms with van der Waals surface area (Å²) in [6, 6.07) is 8.81. The molecule has 0 fully saturated rings. The Bertz CT molecular complexity index is 397. The van der Waals surface area contributed by atoms with E-state index < -0.39 is 0 Å². The van der Waals surface area contributed by atoms with Gasteiger partial charge in [-0.15, -0.1) is 11.3 Å². The predicted molar refractivity (Wildman–Crippen MR) is 68.7 cm³/mol. The van der Waals surface area contributed by atoms with Crippen LogP contribution in [0, 0.1) is 0 Å². The predicted octanol–water partition coefficient (Wildman–Crippen LogP) is 3.04. The quantitative estimate of drug-likeness (QED) is 0.857. The fourth-order valence-electron chi connectivity index (χ4n) is 1.62. The number of aromatic nitrogens is 1. The number of hydrogen-bond acceptors (Lipinski definition) is 3. The summed E-state index contributed by atoms with van der Waals surface area (Å²) in [5.74, 6) is 0. The van der Waals surface area contributed by atoms with Crippen molar-refractivity contribution in [2.24, 2.45) is 0 Å². The van der Waals surface area contributed by atoms with Crippen molar-refractivity contribution in [1.82, 2.24) is 10.3 Å². The maximum Gasteiger partial charge on any atom is 0.0386 e. The van der Waals surface area contributed by atoms with E-state index in [0.717, 1.165) is 13.0 Å². The second-order valence-corrected chi connectivity index (χ2v) is 4.78. The van der Waals surface area contributed by atoms with Crippen LogP contribution in [-0.4, -0.2) is 11.5 Å². The van der Waals surface area contributed by atoms with Crippen molar-refractivity contribution in [3.8, 4) is 0 Å². The molecular formula is C13H16N2S. The molecule has 1 atom stereocenters. The number of nitrogens with zero attached hydrogens (tertiary/aromatic N) is 1. The van der Waals surface area contributed by atoms with Crippen LogP contribution in [-0.2, 0) is 6.42 Å².